The molecule has 5 nitrogen and oxygen atoms in total. The summed E-state index contributed by atoms with van der Waals surface area (Å²) in [5, 5.41) is 2.50. The van der Waals surface area contributed by atoms with Gasteiger partial charge in [0.2, 0.25) is 5.91 Å². The number of nitrogens with zero attached hydrogens (tertiary/aromatic N) is 1. The topological polar surface area (TPSA) is 58.6 Å². The first-order chi connectivity index (χ1) is 11.5. The molecule has 0 aromatic heterocycles. The first kappa shape index (κ1) is 16.8. The Morgan fingerprint density at radius 1 is 1.17 bits per heavy atom. The highest BCUT2D eigenvalue weighted by atomic mass is 19.1. The van der Waals surface area contributed by atoms with Gasteiger partial charge in [-0.05, 0) is 37.8 Å². The van der Waals surface area contributed by atoms with Crippen molar-refractivity contribution in [3.63, 3.8) is 0 Å². The quantitative estimate of drug-likeness (QED) is 0.920. The number of ether oxygens (including phenoxy) is 1. The molecule has 0 aliphatic carbocycles. The van der Waals surface area contributed by atoms with Gasteiger partial charge < -0.3 is 15.0 Å². The van der Waals surface area contributed by atoms with Crippen LogP contribution in [0.1, 0.15) is 25.7 Å². The number of nitrogens with one attached hydrogen (secondary N) is 1. The van der Waals surface area contributed by atoms with Crippen molar-refractivity contribution in [1.82, 2.24) is 4.90 Å². The first-order valence-corrected chi connectivity index (χ1v) is 8.21. The molecule has 2 saturated heterocycles. The molecule has 0 saturated carbocycles. The van der Waals surface area contributed by atoms with Crippen LogP contribution in [0.4, 0.5) is 14.5 Å². The lowest BCUT2D eigenvalue weighted by Crippen LogP contribution is -2.45. The first-order valence-electron chi connectivity index (χ1n) is 8.21. The van der Waals surface area contributed by atoms with E-state index in [4.69, 9.17) is 4.74 Å². The molecule has 1 aromatic carbocycles. The number of likely N-dealkylation sites (tertiary alicyclic amines) is 1. The van der Waals surface area contributed by atoms with Crippen molar-refractivity contribution in [3.05, 3.63) is 29.8 Å². The molecule has 2 fully saturated rings. The van der Waals surface area contributed by atoms with Crippen LogP contribution in [0, 0.1) is 17.6 Å². The number of carbonyl (C=O) groups is 2. The van der Waals surface area contributed by atoms with E-state index in [1.54, 1.807) is 4.90 Å². The normalized spacial score (nSPS) is 21.8. The van der Waals surface area contributed by atoms with Crippen molar-refractivity contribution in [2.75, 3.05) is 25.0 Å². The Morgan fingerprint density at radius 3 is 2.54 bits per heavy atom. The molecule has 2 aliphatic heterocycles. The van der Waals surface area contributed by atoms with Crippen molar-refractivity contribution in [3.8, 4) is 0 Å². The van der Waals surface area contributed by atoms with Crippen LogP contribution >= 0.6 is 0 Å². The summed E-state index contributed by atoms with van der Waals surface area (Å²) in [6.45, 7) is 1.60. The van der Waals surface area contributed by atoms with Gasteiger partial charge in [0.25, 0.3) is 5.91 Å². The summed E-state index contributed by atoms with van der Waals surface area (Å²) < 4.78 is 31.9. The smallest absolute Gasteiger partial charge is 0.251 e. The van der Waals surface area contributed by atoms with E-state index in [-0.39, 0.29) is 29.5 Å². The lowest BCUT2D eigenvalue weighted by Gasteiger charge is -2.32. The van der Waals surface area contributed by atoms with Crippen molar-refractivity contribution >= 4 is 17.5 Å². The van der Waals surface area contributed by atoms with Gasteiger partial charge in [0.1, 0.15) is 17.7 Å². The number of benzene rings is 1. The van der Waals surface area contributed by atoms with Crippen LogP contribution in [0.2, 0.25) is 0 Å². The molecule has 2 aliphatic rings. The summed E-state index contributed by atoms with van der Waals surface area (Å²) in [6.07, 6.45) is 2.35. The minimum Gasteiger partial charge on any atom is -0.368 e. The molecule has 7 heteroatoms. The standard InChI is InChI=1S/C17H20F2N2O3/c18-12-3-4-14(13(19)10-12)20-16(22)11-5-7-21(8-6-11)17(23)15-2-1-9-24-15/h3-4,10-11,15H,1-2,5-9H2,(H,20,22). The Hall–Kier alpha value is -2.02. The molecule has 2 amide bonds. The highest BCUT2D eigenvalue weighted by Gasteiger charge is 2.32. The molecule has 0 spiro atoms. The third-order valence-electron chi connectivity index (χ3n) is 4.57. The van der Waals surface area contributed by atoms with Crippen LogP contribution in [0.15, 0.2) is 18.2 Å². The zero-order valence-corrected chi connectivity index (χ0v) is 13.3. The maximum atomic E-state index is 13.6. The second kappa shape index (κ2) is 7.25. The van der Waals surface area contributed by atoms with Gasteiger partial charge in [0.15, 0.2) is 0 Å². The zero-order valence-electron chi connectivity index (χ0n) is 13.3. The fraction of sp³-hybridized carbons (Fsp3) is 0.529. The van der Waals surface area contributed by atoms with E-state index < -0.39 is 11.6 Å². The molecule has 0 radical (unpaired) electrons. The van der Waals surface area contributed by atoms with Crippen LogP contribution in [0.25, 0.3) is 0 Å². The van der Waals surface area contributed by atoms with Crippen LogP contribution in [-0.2, 0) is 14.3 Å². The number of carbonyl (C=O) groups excluding carboxylic acids is 2. The van der Waals surface area contributed by atoms with Gasteiger partial charge >= 0.3 is 0 Å². The average Bonchev–Trinajstić information content (AvgIpc) is 3.11. The number of hydrogen-bond acceptors (Lipinski definition) is 3. The Bertz CT molecular complexity index is 624. The van der Waals surface area contributed by atoms with Crippen molar-refractivity contribution in [1.29, 1.82) is 0 Å². The van der Waals surface area contributed by atoms with Crippen molar-refractivity contribution in [2.45, 2.75) is 31.8 Å². The second-order valence-corrected chi connectivity index (χ2v) is 6.21. The molecular formula is C17H20F2N2O3. The molecule has 1 N–H and O–H groups in total. The maximum Gasteiger partial charge on any atom is 0.251 e. The molecule has 1 aromatic rings. The SMILES string of the molecule is O=C(Nc1ccc(F)cc1F)C1CCN(C(=O)C2CCCO2)CC1. The summed E-state index contributed by atoms with van der Waals surface area (Å²) in [5.74, 6) is -2.08. The summed E-state index contributed by atoms with van der Waals surface area (Å²) in [5.41, 5.74) is -0.0285. The van der Waals surface area contributed by atoms with Gasteiger partial charge in [0.05, 0.1) is 5.69 Å². The van der Waals surface area contributed by atoms with Crippen molar-refractivity contribution in [2.24, 2.45) is 5.92 Å². The Labute approximate surface area is 139 Å². The monoisotopic (exact) mass is 338 g/mol. The molecule has 2 heterocycles. The number of amides is 2. The van der Waals surface area contributed by atoms with E-state index in [0.717, 1.165) is 25.0 Å². The molecule has 1 atom stereocenters. The van der Waals surface area contributed by atoms with Gasteiger partial charge in [-0.15, -0.1) is 0 Å². The van der Waals surface area contributed by atoms with E-state index in [0.29, 0.717) is 32.5 Å². The van der Waals surface area contributed by atoms with E-state index in [2.05, 4.69) is 5.32 Å². The van der Waals surface area contributed by atoms with Crippen LogP contribution in [-0.4, -0.2) is 42.5 Å². The number of anilines is 1. The molecule has 24 heavy (non-hydrogen) atoms. The highest BCUT2D eigenvalue weighted by Crippen LogP contribution is 2.23. The Kier molecular flexibility index (Phi) is 5.08. The summed E-state index contributed by atoms with van der Waals surface area (Å²) >= 11 is 0. The van der Waals surface area contributed by atoms with Crippen molar-refractivity contribution < 1.29 is 23.1 Å². The summed E-state index contributed by atoms with van der Waals surface area (Å²) in [7, 11) is 0. The van der Waals surface area contributed by atoms with Gasteiger partial charge in [0, 0.05) is 31.7 Å². The van der Waals surface area contributed by atoms with Gasteiger partial charge in [-0.25, -0.2) is 8.78 Å². The Morgan fingerprint density at radius 2 is 1.92 bits per heavy atom. The fourth-order valence-corrected chi connectivity index (χ4v) is 3.16. The molecule has 130 valence electrons. The number of piperidine rings is 1. The molecule has 3 rings (SSSR count). The lowest BCUT2D eigenvalue weighted by atomic mass is 9.95. The molecular weight excluding hydrogens is 318 g/mol. The number of hydrogen-bond donors (Lipinski definition) is 1. The average molecular weight is 338 g/mol. The lowest BCUT2D eigenvalue weighted by molar-refractivity contribution is -0.143. The third kappa shape index (κ3) is 3.72. The summed E-state index contributed by atoms with van der Waals surface area (Å²) in [4.78, 5) is 26.2. The minimum atomic E-state index is -0.797. The largest absolute Gasteiger partial charge is 0.368 e. The van der Waals surface area contributed by atoms with Crippen LogP contribution in [0.3, 0.4) is 0 Å². The number of rotatable bonds is 3. The molecule has 0 bridgehead atoms. The predicted molar refractivity (Wildman–Crippen MR) is 83.3 cm³/mol. The van der Waals surface area contributed by atoms with Gasteiger partial charge in [-0.1, -0.05) is 0 Å². The van der Waals surface area contributed by atoms with E-state index in [9.17, 15) is 18.4 Å². The maximum absolute atomic E-state index is 13.6. The molecule has 1 unspecified atom stereocenters. The van der Waals surface area contributed by atoms with Gasteiger partial charge in [-0.3, -0.25) is 9.59 Å². The fourth-order valence-electron chi connectivity index (χ4n) is 3.16. The second-order valence-electron chi connectivity index (χ2n) is 6.21. The van der Waals surface area contributed by atoms with E-state index >= 15 is 0 Å². The number of halogens is 2. The zero-order chi connectivity index (χ0) is 17.1. The minimum absolute atomic E-state index is 0.00376. The van der Waals surface area contributed by atoms with Crippen LogP contribution < -0.4 is 5.32 Å². The summed E-state index contributed by atoms with van der Waals surface area (Å²) in [6, 6.07) is 3.04. The third-order valence-corrected chi connectivity index (χ3v) is 4.57. The van der Waals surface area contributed by atoms with E-state index in [1.807, 2.05) is 0 Å². The predicted octanol–water partition coefficient (Wildman–Crippen LogP) is 2.32. The van der Waals surface area contributed by atoms with E-state index in [1.165, 1.54) is 6.07 Å². The van der Waals surface area contributed by atoms with Gasteiger partial charge in [-0.2, -0.15) is 0 Å². The Balaban J connectivity index is 1.52. The van der Waals surface area contributed by atoms with Crippen LogP contribution in [0.5, 0.6) is 0 Å². The highest BCUT2D eigenvalue weighted by molar-refractivity contribution is 5.93.